The molecule has 1 N–H and O–H groups in total. The molecular weight excluding hydrogens is 502 g/mol. The number of carbonyl (C=O) groups excluding carboxylic acids is 2. The fourth-order valence-electron chi connectivity index (χ4n) is 4.60. The van der Waals surface area contributed by atoms with Crippen LogP contribution in [0.2, 0.25) is 0 Å². The van der Waals surface area contributed by atoms with E-state index in [1.807, 2.05) is 75.4 Å². The molecule has 6 heteroatoms. The standard InChI is InChI=1S/C34H41NO5/c1-24(2)35(21-31(36)23-40-32-16-14-26(15-17-32)18-19-39-22-27-12-13-27)34(38)25(3)29-10-7-11-30(20-29)33(37)28-8-5-4-6-9-28/h4-11,14-17,20,24-25,27,31,36H,12-13,18-19,21-23H2,1-3H3/t25-,31-/m0/s1. The zero-order valence-electron chi connectivity index (χ0n) is 23.8. The Bertz CT molecular complexity index is 1240. The molecule has 0 spiro atoms. The highest BCUT2D eigenvalue weighted by molar-refractivity contribution is 6.09. The van der Waals surface area contributed by atoms with E-state index in [0.717, 1.165) is 31.1 Å². The van der Waals surface area contributed by atoms with Crippen molar-refractivity contribution in [1.29, 1.82) is 0 Å². The number of aliphatic hydroxyl groups excluding tert-OH is 1. The zero-order chi connectivity index (χ0) is 28.5. The van der Waals surface area contributed by atoms with Crippen LogP contribution >= 0.6 is 0 Å². The highest BCUT2D eigenvalue weighted by Gasteiger charge is 2.27. The third kappa shape index (κ3) is 8.51. The predicted molar refractivity (Wildman–Crippen MR) is 157 cm³/mol. The van der Waals surface area contributed by atoms with E-state index in [9.17, 15) is 14.7 Å². The largest absolute Gasteiger partial charge is 0.491 e. The normalized spacial score (nSPS) is 14.5. The maximum Gasteiger partial charge on any atom is 0.230 e. The van der Waals surface area contributed by atoms with Crippen LogP contribution in [0, 0.1) is 5.92 Å². The summed E-state index contributed by atoms with van der Waals surface area (Å²) in [6.07, 6.45) is 2.61. The van der Waals surface area contributed by atoms with Crippen molar-refractivity contribution in [3.63, 3.8) is 0 Å². The molecule has 1 aliphatic carbocycles. The van der Waals surface area contributed by atoms with E-state index < -0.39 is 12.0 Å². The van der Waals surface area contributed by atoms with Gasteiger partial charge in [0.2, 0.25) is 5.91 Å². The molecule has 1 aliphatic rings. The Balaban J connectivity index is 1.29. The van der Waals surface area contributed by atoms with Crippen LogP contribution in [0.5, 0.6) is 5.75 Å². The van der Waals surface area contributed by atoms with Crippen LogP contribution in [-0.4, -0.2) is 60.2 Å². The number of aliphatic hydroxyl groups is 1. The predicted octanol–water partition coefficient (Wildman–Crippen LogP) is 5.67. The maximum atomic E-state index is 13.5. The highest BCUT2D eigenvalue weighted by atomic mass is 16.5. The minimum Gasteiger partial charge on any atom is -0.491 e. The molecule has 0 saturated heterocycles. The van der Waals surface area contributed by atoms with Gasteiger partial charge in [-0.1, -0.05) is 60.7 Å². The first-order valence-corrected chi connectivity index (χ1v) is 14.3. The van der Waals surface area contributed by atoms with E-state index in [1.165, 1.54) is 18.4 Å². The van der Waals surface area contributed by atoms with Crippen molar-refractivity contribution in [3.8, 4) is 5.75 Å². The molecule has 0 heterocycles. The van der Waals surface area contributed by atoms with Crippen molar-refractivity contribution >= 4 is 11.7 Å². The molecule has 0 bridgehead atoms. The van der Waals surface area contributed by atoms with E-state index in [0.29, 0.717) is 16.9 Å². The van der Waals surface area contributed by atoms with Crippen LogP contribution in [0.4, 0.5) is 0 Å². The summed E-state index contributed by atoms with van der Waals surface area (Å²) in [6.45, 7) is 7.52. The number of amides is 1. The summed E-state index contributed by atoms with van der Waals surface area (Å²) < 4.78 is 11.5. The van der Waals surface area contributed by atoms with Crippen molar-refractivity contribution in [2.45, 2.75) is 58.1 Å². The molecule has 0 unspecified atom stereocenters. The Labute approximate surface area is 237 Å². The summed E-state index contributed by atoms with van der Waals surface area (Å²) in [5.74, 6) is 0.795. The first kappa shape index (κ1) is 29.5. The lowest BCUT2D eigenvalue weighted by Crippen LogP contribution is -2.45. The Morgan fingerprint density at radius 3 is 2.30 bits per heavy atom. The molecular formula is C34H41NO5. The van der Waals surface area contributed by atoms with Gasteiger partial charge >= 0.3 is 0 Å². The van der Waals surface area contributed by atoms with Crippen LogP contribution in [-0.2, 0) is 16.0 Å². The van der Waals surface area contributed by atoms with E-state index in [4.69, 9.17) is 9.47 Å². The molecule has 1 saturated carbocycles. The second kappa shape index (κ2) is 14.2. The van der Waals surface area contributed by atoms with Crippen LogP contribution in [0.1, 0.15) is 66.6 Å². The van der Waals surface area contributed by atoms with Gasteiger partial charge in [0.15, 0.2) is 5.78 Å². The first-order valence-electron chi connectivity index (χ1n) is 14.3. The fourth-order valence-corrected chi connectivity index (χ4v) is 4.60. The van der Waals surface area contributed by atoms with Gasteiger partial charge in [-0.25, -0.2) is 0 Å². The van der Waals surface area contributed by atoms with Crippen molar-refractivity contribution in [1.82, 2.24) is 4.90 Å². The minimum absolute atomic E-state index is 0.0784. The van der Waals surface area contributed by atoms with Gasteiger partial charge in [-0.2, -0.15) is 0 Å². The van der Waals surface area contributed by atoms with Crippen LogP contribution in [0.15, 0.2) is 78.9 Å². The smallest absolute Gasteiger partial charge is 0.230 e. The molecule has 6 nitrogen and oxygen atoms in total. The van der Waals surface area contributed by atoms with Gasteiger partial charge in [-0.3, -0.25) is 9.59 Å². The van der Waals surface area contributed by atoms with Crippen LogP contribution in [0.3, 0.4) is 0 Å². The van der Waals surface area contributed by atoms with Crippen LogP contribution < -0.4 is 4.74 Å². The summed E-state index contributed by atoms with van der Waals surface area (Å²) in [6, 6.07) is 24.1. The monoisotopic (exact) mass is 543 g/mol. The Kier molecular flexibility index (Phi) is 10.5. The number of ketones is 1. The van der Waals surface area contributed by atoms with Gasteiger partial charge in [0.05, 0.1) is 19.1 Å². The third-order valence-corrected chi connectivity index (χ3v) is 7.32. The summed E-state index contributed by atoms with van der Waals surface area (Å²) >= 11 is 0. The number of carbonyl (C=O) groups is 2. The van der Waals surface area contributed by atoms with Gasteiger partial charge < -0.3 is 19.5 Å². The molecule has 212 valence electrons. The quantitative estimate of drug-likeness (QED) is 0.198. The molecule has 1 amide bonds. The number of nitrogens with zero attached hydrogens (tertiary/aromatic N) is 1. The molecule has 0 aromatic heterocycles. The number of rotatable bonds is 15. The van der Waals surface area contributed by atoms with Crippen molar-refractivity contribution in [2.24, 2.45) is 5.92 Å². The SMILES string of the molecule is CC(C)N(C[C@H](O)COc1ccc(CCOCC2CC2)cc1)C(=O)[C@@H](C)c1cccc(C(=O)c2ccccc2)c1. The molecule has 0 aliphatic heterocycles. The molecule has 3 aromatic carbocycles. The fraction of sp³-hybridized carbons (Fsp3) is 0.412. The molecule has 0 radical (unpaired) electrons. The Morgan fingerprint density at radius 2 is 1.62 bits per heavy atom. The number of hydrogen-bond acceptors (Lipinski definition) is 5. The average Bonchev–Trinajstić information content (AvgIpc) is 3.81. The third-order valence-electron chi connectivity index (χ3n) is 7.32. The molecule has 4 rings (SSSR count). The number of hydrogen-bond donors (Lipinski definition) is 1. The van der Waals surface area contributed by atoms with Gasteiger partial charge in [0.25, 0.3) is 0 Å². The second-order valence-corrected chi connectivity index (χ2v) is 11.0. The highest BCUT2D eigenvalue weighted by Crippen LogP contribution is 2.28. The molecule has 1 fully saturated rings. The summed E-state index contributed by atoms with van der Waals surface area (Å²) in [5, 5.41) is 10.7. The average molecular weight is 544 g/mol. The topological polar surface area (TPSA) is 76.1 Å². The zero-order valence-corrected chi connectivity index (χ0v) is 23.8. The Morgan fingerprint density at radius 1 is 0.925 bits per heavy atom. The molecule has 3 aromatic rings. The lowest BCUT2D eigenvalue weighted by Gasteiger charge is -2.31. The van der Waals surface area contributed by atoms with Crippen molar-refractivity contribution in [2.75, 3.05) is 26.4 Å². The van der Waals surface area contributed by atoms with E-state index >= 15 is 0 Å². The van der Waals surface area contributed by atoms with E-state index in [1.54, 1.807) is 29.2 Å². The number of ether oxygens (including phenoxy) is 2. The lowest BCUT2D eigenvalue weighted by atomic mass is 9.94. The van der Waals surface area contributed by atoms with Crippen LogP contribution in [0.25, 0.3) is 0 Å². The van der Waals surface area contributed by atoms with Gasteiger partial charge in [-0.15, -0.1) is 0 Å². The van der Waals surface area contributed by atoms with Gasteiger partial charge in [0.1, 0.15) is 18.5 Å². The lowest BCUT2D eigenvalue weighted by molar-refractivity contribution is -0.136. The van der Waals surface area contributed by atoms with Gasteiger partial charge in [0, 0.05) is 23.8 Å². The first-order chi connectivity index (χ1) is 19.3. The minimum atomic E-state index is -0.847. The van der Waals surface area contributed by atoms with E-state index in [-0.39, 0.29) is 30.9 Å². The summed E-state index contributed by atoms with van der Waals surface area (Å²) in [7, 11) is 0. The second-order valence-electron chi connectivity index (χ2n) is 11.0. The molecule has 40 heavy (non-hydrogen) atoms. The number of benzene rings is 3. The van der Waals surface area contributed by atoms with Crippen molar-refractivity contribution < 1.29 is 24.2 Å². The summed E-state index contributed by atoms with van der Waals surface area (Å²) in [5.41, 5.74) is 3.10. The summed E-state index contributed by atoms with van der Waals surface area (Å²) in [4.78, 5) is 28.1. The molecule has 2 atom stereocenters. The van der Waals surface area contributed by atoms with Gasteiger partial charge in [-0.05, 0) is 75.3 Å². The van der Waals surface area contributed by atoms with Crippen molar-refractivity contribution in [3.05, 3.63) is 101 Å². The Hall–Kier alpha value is -3.48. The maximum absolute atomic E-state index is 13.5. The van der Waals surface area contributed by atoms with E-state index in [2.05, 4.69) is 0 Å².